The molecule has 0 aliphatic rings. The van der Waals surface area contributed by atoms with Gasteiger partial charge >= 0.3 is 0 Å². The minimum Gasteiger partial charge on any atom is -0.324 e. The zero-order valence-electron chi connectivity index (χ0n) is 12.2. The fourth-order valence-electron chi connectivity index (χ4n) is 1.91. The molecule has 0 aliphatic heterocycles. The third-order valence-corrected chi connectivity index (χ3v) is 4.02. The number of tetrazole rings is 1. The highest BCUT2D eigenvalue weighted by Crippen LogP contribution is 2.20. The number of rotatable bonds is 4. The molecule has 3 aromatic rings. The summed E-state index contributed by atoms with van der Waals surface area (Å²) in [5.74, 6) is 0.210. The van der Waals surface area contributed by atoms with Gasteiger partial charge < -0.3 is 5.32 Å². The van der Waals surface area contributed by atoms with Crippen molar-refractivity contribution < 1.29 is 4.79 Å². The molecule has 0 spiro atoms. The third-order valence-electron chi connectivity index (χ3n) is 3.15. The molecule has 2 heterocycles. The predicted molar refractivity (Wildman–Crippen MR) is 85.6 cm³/mol. The van der Waals surface area contributed by atoms with Crippen LogP contribution in [0, 0.1) is 11.3 Å². The Morgan fingerprint density at radius 3 is 3.00 bits per heavy atom. The number of hydrogen-bond acceptors (Lipinski definition) is 6. The van der Waals surface area contributed by atoms with Crippen LogP contribution >= 0.6 is 11.3 Å². The summed E-state index contributed by atoms with van der Waals surface area (Å²) in [5, 5.41) is 25.7. The highest BCUT2D eigenvalue weighted by Gasteiger charge is 2.19. The first-order valence-electron chi connectivity index (χ1n) is 6.82. The maximum absolute atomic E-state index is 12.3. The molecular weight excluding hydrogens is 312 g/mol. The summed E-state index contributed by atoms with van der Waals surface area (Å²) in [6.45, 7) is 1.68. The Morgan fingerprint density at radius 2 is 2.26 bits per heavy atom. The van der Waals surface area contributed by atoms with Crippen LogP contribution in [0.1, 0.15) is 18.5 Å². The average Bonchev–Trinajstić information content (AvgIpc) is 3.25. The summed E-state index contributed by atoms with van der Waals surface area (Å²) < 4.78 is 0. The molecule has 23 heavy (non-hydrogen) atoms. The smallest absolute Gasteiger partial charge is 0.250 e. The van der Waals surface area contributed by atoms with Gasteiger partial charge in [0, 0.05) is 5.69 Å². The molecule has 1 amide bonds. The van der Waals surface area contributed by atoms with Crippen molar-refractivity contribution in [1.29, 1.82) is 5.26 Å². The molecule has 0 unspecified atom stereocenters. The predicted octanol–water partition coefficient (Wildman–Crippen LogP) is 2.47. The molecule has 1 aromatic carbocycles. The van der Waals surface area contributed by atoms with Crippen LogP contribution < -0.4 is 5.32 Å². The summed E-state index contributed by atoms with van der Waals surface area (Å²) in [6, 6.07) is 11.9. The van der Waals surface area contributed by atoms with E-state index in [1.165, 1.54) is 16.1 Å². The van der Waals surface area contributed by atoms with Gasteiger partial charge in [-0.3, -0.25) is 4.79 Å². The fraction of sp³-hybridized carbons (Fsp3) is 0.133. The first-order valence-corrected chi connectivity index (χ1v) is 7.70. The van der Waals surface area contributed by atoms with Crippen molar-refractivity contribution in [2.75, 3.05) is 5.32 Å². The number of nitrogens with zero attached hydrogens (tertiary/aromatic N) is 5. The Morgan fingerprint density at radius 1 is 1.39 bits per heavy atom. The first-order chi connectivity index (χ1) is 11.2. The van der Waals surface area contributed by atoms with E-state index >= 15 is 0 Å². The molecule has 114 valence electrons. The summed E-state index contributed by atoms with van der Waals surface area (Å²) in [5.41, 5.74) is 1.04. The monoisotopic (exact) mass is 324 g/mol. The molecule has 0 fully saturated rings. The van der Waals surface area contributed by atoms with Gasteiger partial charge in [0.1, 0.15) is 6.04 Å². The molecule has 0 bridgehead atoms. The SMILES string of the molecule is C[C@H](C(=O)Nc1cccc(C#N)c1)n1nnc(-c2cccs2)n1. The lowest BCUT2D eigenvalue weighted by Gasteiger charge is -2.10. The van der Waals surface area contributed by atoms with E-state index in [0.29, 0.717) is 17.1 Å². The zero-order valence-corrected chi connectivity index (χ0v) is 13.0. The normalized spacial score (nSPS) is 11.7. The van der Waals surface area contributed by atoms with E-state index < -0.39 is 6.04 Å². The maximum Gasteiger partial charge on any atom is 0.250 e. The molecule has 8 heteroatoms. The summed E-state index contributed by atoms with van der Waals surface area (Å²) in [7, 11) is 0. The third kappa shape index (κ3) is 3.25. The Balaban J connectivity index is 1.73. The van der Waals surface area contributed by atoms with Crippen LogP contribution in [0.3, 0.4) is 0 Å². The minimum atomic E-state index is -0.623. The van der Waals surface area contributed by atoms with Crippen molar-refractivity contribution in [2.45, 2.75) is 13.0 Å². The van der Waals surface area contributed by atoms with E-state index in [4.69, 9.17) is 5.26 Å². The highest BCUT2D eigenvalue weighted by atomic mass is 32.1. The number of carbonyl (C=O) groups excluding carboxylic acids is 1. The first kappa shape index (κ1) is 14.9. The van der Waals surface area contributed by atoms with Crippen LogP contribution in [-0.4, -0.2) is 26.1 Å². The van der Waals surface area contributed by atoms with E-state index in [1.807, 2.05) is 23.6 Å². The maximum atomic E-state index is 12.3. The molecule has 0 aliphatic carbocycles. The molecule has 2 aromatic heterocycles. The molecule has 1 atom stereocenters. The minimum absolute atomic E-state index is 0.282. The fourth-order valence-corrected chi connectivity index (χ4v) is 2.56. The van der Waals surface area contributed by atoms with Gasteiger partial charge in [-0.25, -0.2) is 0 Å². The van der Waals surface area contributed by atoms with Gasteiger partial charge in [0.2, 0.25) is 5.82 Å². The van der Waals surface area contributed by atoms with E-state index in [-0.39, 0.29) is 5.91 Å². The van der Waals surface area contributed by atoms with Crippen LogP contribution in [0.5, 0.6) is 0 Å². The molecule has 7 nitrogen and oxygen atoms in total. The number of amides is 1. The number of hydrogen-bond donors (Lipinski definition) is 1. The topological polar surface area (TPSA) is 96.5 Å². The van der Waals surface area contributed by atoms with Gasteiger partial charge in [0.25, 0.3) is 5.91 Å². The molecule has 1 N–H and O–H groups in total. The Labute approximate surface area is 136 Å². The molecule has 0 saturated carbocycles. The van der Waals surface area contributed by atoms with E-state index in [9.17, 15) is 4.79 Å². The standard InChI is InChI=1S/C15H12N6OS/c1-10(15(22)17-12-5-2-4-11(8-12)9-16)21-19-14(18-20-21)13-6-3-7-23-13/h2-8,10H,1H3,(H,17,22)/t10-/m1/s1. The quantitative estimate of drug-likeness (QED) is 0.795. The van der Waals surface area contributed by atoms with Crippen molar-refractivity contribution in [2.24, 2.45) is 0 Å². The summed E-state index contributed by atoms with van der Waals surface area (Å²) in [6.07, 6.45) is 0. The van der Waals surface area contributed by atoms with Gasteiger partial charge in [0.05, 0.1) is 16.5 Å². The number of carbonyl (C=O) groups is 1. The van der Waals surface area contributed by atoms with Crippen LogP contribution in [0.4, 0.5) is 5.69 Å². The molecule has 3 rings (SSSR count). The number of aromatic nitrogens is 4. The number of nitriles is 1. The van der Waals surface area contributed by atoms with E-state index in [2.05, 4.69) is 20.7 Å². The van der Waals surface area contributed by atoms with Crippen molar-refractivity contribution in [1.82, 2.24) is 20.2 Å². The van der Waals surface area contributed by atoms with E-state index in [0.717, 1.165) is 4.88 Å². The van der Waals surface area contributed by atoms with Crippen LogP contribution in [-0.2, 0) is 4.79 Å². The molecular formula is C15H12N6OS. The van der Waals surface area contributed by atoms with Gasteiger partial charge in [-0.05, 0) is 41.8 Å². The highest BCUT2D eigenvalue weighted by molar-refractivity contribution is 7.13. The lowest BCUT2D eigenvalue weighted by molar-refractivity contribution is -0.119. The van der Waals surface area contributed by atoms with Crippen LogP contribution in [0.25, 0.3) is 10.7 Å². The summed E-state index contributed by atoms with van der Waals surface area (Å²) in [4.78, 5) is 14.5. The largest absolute Gasteiger partial charge is 0.324 e. The Kier molecular flexibility index (Phi) is 4.12. The summed E-state index contributed by atoms with van der Waals surface area (Å²) >= 11 is 1.51. The number of nitrogens with one attached hydrogen (secondary N) is 1. The second kappa shape index (κ2) is 6.37. The van der Waals surface area contributed by atoms with Crippen LogP contribution in [0.15, 0.2) is 41.8 Å². The second-order valence-corrected chi connectivity index (χ2v) is 5.72. The molecule has 0 saturated heterocycles. The van der Waals surface area contributed by atoms with Crippen molar-refractivity contribution in [3.8, 4) is 16.8 Å². The lowest BCUT2D eigenvalue weighted by atomic mass is 10.2. The average molecular weight is 324 g/mol. The second-order valence-electron chi connectivity index (χ2n) is 4.77. The zero-order chi connectivity index (χ0) is 16.2. The van der Waals surface area contributed by atoms with Crippen molar-refractivity contribution in [3.63, 3.8) is 0 Å². The van der Waals surface area contributed by atoms with Gasteiger partial charge in [-0.1, -0.05) is 12.1 Å². The van der Waals surface area contributed by atoms with Crippen molar-refractivity contribution in [3.05, 3.63) is 47.3 Å². The number of benzene rings is 1. The van der Waals surface area contributed by atoms with Crippen LogP contribution in [0.2, 0.25) is 0 Å². The van der Waals surface area contributed by atoms with Crippen molar-refractivity contribution >= 4 is 22.9 Å². The lowest BCUT2D eigenvalue weighted by Crippen LogP contribution is -2.25. The Hall–Kier alpha value is -3.05. The van der Waals surface area contributed by atoms with E-state index in [1.54, 1.807) is 31.2 Å². The number of thiophene rings is 1. The molecule has 0 radical (unpaired) electrons. The van der Waals surface area contributed by atoms with Gasteiger partial charge in [-0.2, -0.15) is 10.1 Å². The van der Waals surface area contributed by atoms with Gasteiger partial charge in [-0.15, -0.1) is 21.5 Å². The van der Waals surface area contributed by atoms with Gasteiger partial charge in [0.15, 0.2) is 0 Å². The number of anilines is 1. The Bertz CT molecular complexity index is 864.